The molecule has 4 aromatic rings. The lowest BCUT2D eigenvalue weighted by atomic mass is 10.1. The minimum Gasteiger partial charge on any atom is -0.493 e. The Labute approximate surface area is 212 Å². The second-order valence-electron chi connectivity index (χ2n) is 8.44. The number of fused-ring (bicyclic) bond motifs is 1. The van der Waals surface area contributed by atoms with Crippen molar-refractivity contribution in [1.29, 1.82) is 0 Å². The van der Waals surface area contributed by atoms with Crippen molar-refractivity contribution in [2.75, 3.05) is 13.7 Å². The number of carbonyl (C=O) groups is 3. The van der Waals surface area contributed by atoms with Crippen molar-refractivity contribution in [3.05, 3.63) is 90.0 Å². The third kappa shape index (κ3) is 4.97. The van der Waals surface area contributed by atoms with Crippen LogP contribution in [0.2, 0.25) is 0 Å². The average Bonchev–Trinajstić information content (AvgIpc) is 3.55. The standard InChI is InChI=1S/C28H25N3O6/c1-35-24-11-4-5-12-25(24)37-15-7-13-30-17-19(21-9-2-3-10-23(21)30)16-22-26(32)29-28(34)31(27(22)33)18-20-8-6-14-36-20/h2-6,8-12,14,16-17H,7,13,15,18H2,1H3,(H,29,32,34). The Hall–Kier alpha value is -4.79. The third-order valence-corrected chi connectivity index (χ3v) is 6.07. The summed E-state index contributed by atoms with van der Waals surface area (Å²) in [5.41, 5.74) is 1.54. The summed E-state index contributed by atoms with van der Waals surface area (Å²) in [6.07, 6.45) is 5.61. The molecule has 37 heavy (non-hydrogen) atoms. The van der Waals surface area contributed by atoms with Crippen molar-refractivity contribution in [2.24, 2.45) is 0 Å². The van der Waals surface area contributed by atoms with Gasteiger partial charge in [0.2, 0.25) is 0 Å². The number of ether oxygens (including phenoxy) is 2. The SMILES string of the molecule is COc1ccccc1OCCCn1cc(C=C2C(=O)NC(=O)N(Cc3ccco3)C2=O)c2ccccc21. The number of aromatic nitrogens is 1. The number of imide groups is 2. The molecule has 1 aliphatic heterocycles. The summed E-state index contributed by atoms with van der Waals surface area (Å²) in [6, 6.07) is 17.8. The fourth-order valence-electron chi connectivity index (χ4n) is 4.28. The van der Waals surface area contributed by atoms with Crippen LogP contribution in [-0.2, 0) is 22.7 Å². The first kappa shape index (κ1) is 23.9. The van der Waals surface area contributed by atoms with Crippen LogP contribution in [0.25, 0.3) is 17.0 Å². The molecule has 1 fully saturated rings. The van der Waals surface area contributed by atoms with Crippen LogP contribution in [0.5, 0.6) is 11.5 Å². The van der Waals surface area contributed by atoms with E-state index in [1.807, 2.05) is 54.7 Å². The number of aryl methyl sites for hydroxylation is 1. The number of hydrogen-bond donors (Lipinski definition) is 1. The number of amides is 4. The van der Waals surface area contributed by atoms with Crippen LogP contribution in [0.1, 0.15) is 17.7 Å². The molecule has 2 aromatic carbocycles. The van der Waals surface area contributed by atoms with Gasteiger partial charge in [0.25, 0.3) is 11.8 Å². The molecule has 1 saturated heterocycles. The van der Waals surface area contributed by atoms with Crippen molar-refractivity contribution in [3.63, 3.8) is 0 Å². The van der Waals surface area contributed by atoms with E-state index in [0.717, 1.165) is 22.2 Å². The summed E-state index contributed by atoms with van der Waals surface area (Å²) in [5, 5.41) is 3.13. The smallest absolute Gasteiger partial charge is 0.331 e. The maximum absolute atomic E-state index is 13.1. The maximum atomic E-state index is 13.1. The maximum Gasteiger partial charge on any atom is 0.331 e. The van der Waals surface area contributed by atoms with Crippen molar-refractivity contribution >= 4 is 34.8 Å². The summed E-state index contributed by atoms with van der Waals surface area (Å²) < 4.78 is 18.5. The number of furan rings is 1. The lowest BCUT2D eigenvalue weighted by Gasteiger charge is -2.25. The first-order valence-corrected chi connectivity index (χ1v) is 11.8. The molecule has 0 bridgehead atoms. The molecule has 3 heterocycles. The zero-order valence-corrected chi connectivity index (χ0v) is 20.2. The van der Waals surface area contributed by atoms with Crippen molar-refractivity contribution < 1.29 is 28.3 Å². The van der Waals surface area contributed by atoms with Crippen LogP contribution in [-0.4, -0.2) is 41.0 Å². The van der Waals surface area contributed by atoms with Crippen LogP contribution >= 0.6 is 0 Å². The van der Waals surface area contributed by atoms with Crippen molar-refractivity contribution in [1.82, 2.24) is 14.8 Å². The van der Waals surface area contributed by atoms with E-state index in [1.54, 1.807) is 19.2 Å². The zero-order valence-electron chi connectivity index (χ0n) is 20.2. The first-order valence-electron chi connectivity index (χ1n) is 11.8. The molecule has 0 spiro atoms. The van der Waals surface area contributed by atoms with E-state index in [-0.39, 0.29) is 12.1 Å². The van der Waals surface area contributed by atoms with Crippen LogP contribution in [0, 0.1) is 0 Å². The predicted octanol–water partition coefficient (Wildman–Crippen LogP) is 4.37. The molecule has 0 saturated carbocycles. The molecule has 4 amide bonds. The van der Waals surface area contributed by atoms with Gasteiger partial charge in [-0.25, -0.2) is 4.79 Å². The number of para-hydroxylation sites is 3. The van der Waals surface area contributed by atoms with Crippen LogP contribution in [0.3, 0.4) is 0 Å². The molecular formula is C28H25N3O6. The number of barbiturate groups is 1. The summed E-state index contributed by atoms with van der Waals surface area (Å²) >= 11 is 0. The number of carbonyl (C=O) groups excluding carboxylic acids is 3. The van der Waals surface area contributed by atoms with Crippen molar-refractivity contribution in [2.45, 2.75) is 19.5 Å². The van der Waals surface area contributed by atoms with Gasteiger partial charge in [0.1, 0.15) is 11.3 Å². The van der Waals surface area contributed by atoms with E-state index in [2.05, 4.69) is 9.88 Å². The summed E-state index contributed by atoms with van der Waals surface area (Å²) in [7, 11) is 1.60. The first-order chi connectivity index (χ1) is 18.0. The summed E-state index contributed by atoms with van der Waals surface area (Å²) in [6.45, 7) is 1.06. The molecule has 9 nitrogen and oxygen atoms in total. The topological polar surface area (TPSA) is 103 Å². The van der Waals surface area contributed by atoms with E-state index in [0.29, 0.717) is 36.0 Å². The Bertz CT molecular complexity index is 1480. The predicted molar refractivity (Wildman–Crippen MR) is 136 cm³/mol. The Morgan fingerprint density at radius 2 is 1.76 bits per heavy atom. The highest BCUT2D eigenvalue weighted by atomic mass is 16.5. The van der Waals surface area contributed by atoms with Gasteiger partial charge in [-0.3, -0.25) is 19.8 Å². The monoisotopic (exact) mass is 499 g/mol. The van der Waals surface area contributed by atoms with E-state index in [4.69, 9.17) is 13.9 Å². The number of hydrogen-bond acceptors (Lipinski definition) is 6. The fourth-order valence-corrected chi connectivity index (χ4v) is 4.28. The highest BCUT2D eigenvalue weighted by Crippen LogP contribution is 2.27. The average molecular weight is 500 g/mol. The van der Waals surface area contributed by atoms with E-state index in [9.17, 15) is 14.4 Å². The number of urea groups is 1. The van der Waals surface area contributed by atoms with E-state index in [1.165, 1.54) is 12.3 Å². The molecular weight excluding hydrogens is 474 g/mol. The Morgan fingerprint density at radius 1 is 0.973 bits per heavy atom. The Kier molecular flexibility index (Phi) is 6.76. The van der Waals surface area contributed by atoms with Gasteiger partial charge < -0.3 is 18.5 Å². The molecule has 0 aliphatic carbocycles. The fraction of sp³-hybridized carbons (Fsp3) is 0.179. The van der Waals surface area contributed by atoms with Gasteiger partial charge in [-0.2, -0.15) is 0 Å². The van der Waals surface area contributed by atoms with Crippen LogP contribution in [0.4, 0.5) is 4.79 Å². The van der Waals surface area contributed by atoms with Gasteiger partial charge in [0.15, 0.2) is 11.5 Å². The second-order valence-corrected chi connectivity index (χ2v) is 8.44. The number of methoxy groups -OCH3 is 1. The molecule has 1 aliphatic rings. The quantitative estimate of drug-likeness (QED) is 0.208. The summed E-state index contributed by atoms with van der Waals surface area (Å²) in [5.74, 6) is 0.394. The van der Waals surface area contributed by atoms with E-state index >= 15 is 0 Å². The van der Waals surface area contributed by atoms with Crippen molar-refractivity contribution in [3.8, 4) is 11.5 Å². The Balaban J connectivity index is 1.36. The molecule has 0 atom stereocenters. The number of rotatable bonds is 9. The van der Waals surface area contributed by atoms with Gasteiger partial charge in [-0.1, -0.05) is 30.3 Å². The van der Waals surface area contributed by atoms with Crippen LogP contribution in [0.15, 0.2) is 83.1 Å². The number of nitrogens with one attached hydrogen (secondary N) is 1. The van der Waals surface area contributed by atoms with Gasteiger partial charge in [-0.05, 0) is 42.8 Å². The Morgan fingerprint density at radius 3 is 2.54 bits per heavy atom. The molecule has 188 valence electrons. The highest BCUT2D eigenvalue weighted by Gasteiger charge is 2.36. The molecule has 9 heteroatoms. The van der Waals surface area contributed by atoms with Gasteiger partial charge in [0, 0.05) is 29.2 Å². The molecule has 0 unspecified atom stereocenters. The highest BCUT2D eigenvalue weighted by molar-refractivity contribution is 6.31. The van der Waals surface area contributed by atoms with E-state index < -0.39 is 17.8 Å². The molecule has 2 aromatic heterocycles. The second kappa shape index (κ2) is 10.4. The molecule has 5 rings (SSSR count). The van der Waals surface area contributed by atoms with Gasteiger partial charge in [0.05, 0.1) is 26.5 Å². The minimum absolute atomic E-state index is 0.0732. The minimum atomic E-state index is -0.777. The van der Waals surface area contributed by atoms with Crippen LogP contribution < -0.4 is 14.8 Å². The molecule has 1 N–H and O–H groups in total. The van der Waals surface area contributed by atoms with Gasteiger partial charge in [-0.15, -0.1) is 0 Å². The summed E-state index contributed by atoms with van der Waals surface area (Å²) in [4.78, 5) is 39.0. The zero-order chi connectivity index (χ0) is 25.8. The normalized spacial score (nSPS) is 14.9. The number of nitrogens with zero attached hydrogens (tertiary/aromatic N) is 2. The van der Waals surface area contributed by atoms with Gasteiger partial charge >= 0.3 is 6.03 Å². The lowest BCUT2D eigenvalue weighted by molar-refractivity contribution is -0.130. The number of benzene rings is 2. The largest absolute Gasteiger partial charge is 0.493 e. The molecule has 0 radical (unpaired) electrons. The lowest BCUT2D eigenvalue weighted by Crippen LogP contribution is -2.53. The third-order valence-electron chi connectivity index (χ3n) is 6.07.